The summed E-state index contributed by atoms with van der Waals surface area (Å²) < 4.78 is 0. The van der Waals surface area contributed by atoms with Crippen LogP contribution in [0.25, 0.3) is 0 Å². The number of nitrogens with zero attached hydrogens (tertiary/aromatic N) is 1. The molecule has 1 aromatic carbocycles. The van der Waals surface area contributed by atoms with E-state index < -0.39 is 0 Å². The van der Waals surface area contributed by atoms with Gasteiger partial charge in [-0.15, -0.1) is 0 Å². The Bertz CT molecular complexity index is 471. The van der Waals surface area contributed by atoms with E-state index in [-0.39, 0.29) is 17.9 Å². The Morgan fingerprint density at radius 3 is 2.67 bits per heavy atom. The zero-order valence-electron chi connectivity index (χ0n) is 10.8. The van der Waals surface area contributed by atoms with Crippen LogP contribution in [-0.2, 0) is 4.79 Å². The highest BCUT2D eigenvalue weighted by molar-refractivity contribution is 5.95. The maximum absolute atomic E-state index is 12.1. The van der Waals surface area contributed by atoms with E-state index in [0.717, 1.165) is 18.5 Å². The molecule has 4 heteroatoms. The Morgan fingerprint density at radius 2 is 2.06 bits per heavy atom. The zero-order chi connectivity index (χ0) is 13.1. The molecule has 1 aliphatic heterocycles. The standard InChI is InChI=1S/C14H18N2O2/c1-10-5-3-4-6-13(10)14(18)15-12-7-8-16(9-12)11(2)17/h3-6,12H,7-9H2,1-2H3,(H,15,18). The fourth-order valence-electron chi connectivity index (χ4n) is 2.25. The maximum Gasteiger partial charge on any atom is 0.251 e. The molecular formula is C14H18N2O2. The Labute approximate surface area is 107 Å². The fraction of sp³-hybridized carbons (Fsp3) is 0.429. The summed E-state index contributed by atoms with van der Waals surface area (Å²) in [5.41, 5.74) is 1.68. The molecule has 2 rings (SSSR count). The first-order valence-electron chi connectivity index (χ1n) is 6.20. The van der Waals surface area contributed by atoms with E-state index in [0.29, 0.717) is 12.1 Å². The number of hydrogen-bond donors (Lipinski definition) is 1. The first-order chi connectivity index (χ1) is 8.58. The van der Waals surface area contributed by atoms with Crippen LogP contribution in [-0.4, -0.2) is 35.8 Å². The van der Waals surface area contributed by atoms with Gasteiger partial charge in [0.05, 0.1) is 0 Å². The molecule has 96 valence electrons. The van der Waals surface area contributed by atoms with Crippen LogP contribution in [0.15, 0.2) is 24.3 Å². The predicted octanol–water partition coefficient (Wildman–Crippen LogP) is 1.35. The highest BCUT2D eigenvalue weighted by Crippen LogP contribution is 2.12. The summed E-state index contributed by atoms with van der Waals surface area (Å²) in [6.45, 7) is 4.83. The Hall–Kier alpha value is -1.84. The van der Waals surface area contributed by atoms with E-state index in [1.54, 1.807) is 11.8 Å². The quantitative estimate of drug-likeness (QED) is 0.856. The van der Waals surface area contributed by atoms with Crippen molar-refractivity contribution in [2.45, 2.75) is 26.3 Å². The van der Waals surface area contributed by atoms with Crippen molar-refractivity contribution in [3.63, 3.8) is 0 Å². The SMILES string of the molecule is CC(=O)N1CCC(NC(=O)c2ccccc2C)C1. The number of carbonyl (C=O) groups excluding carboxylic acids is 2. The van der Waals surface area contributed by atoms with E-state index in [9.17, 15) is 9.59 Å². The van der Waals surface area contributed by atoms with Crippen LogP contribution in [0.3, 0.4) is 0 Å². The molecule has 0 aromatic heterocycles. The van der Waals surface area contributed by atoms with Crippen LogP contribution in [0.5, 0.6) is 0 Å². The molecule has 0 spiro atoms. The van der Waals surface area contributed by atoms with Crippen molar-refractivity contribution < 1.29 is 9.59 Å². The lowest BCUT2D eigenvalue weighted by atomic mass is 10.1. The first-order valence-corrected chi connectivity index (χ1v) is 6.20. The summed E-state index contributed by atoms with van der Waals surface area (Å²) in [7, 11) is 0. The van der Waals surface area contributed by atoms with Gasteiger partial charge in [-0.25, -0.2) is 0 Å². The van der Waals surface area contributed by atoms with Crippen LogP contribution in [0.1, 0.15) is 29.3 Å². The predicted molar refractivity (Wildman–Crippen MR) is 69.3 cm³/mol. The van der Waals surface area contributed by atoms with Crippen molar-refractivity contribution in [2.75, 3.05) is 13.1 Å². The van der Waals surface area contributed by atoms with Crippen molar-refractivity contribution in [2.24, 2.45) is 0 Å². The van der Waals surface area contributed by atoms with E-state index in [2.05, 4.69) is 5.32 Å². The van der Waals surface area contributed by atoms with Gasteiger partial charge in [0.25, 0.3) is 5.91 Å². The minimum Gasteiger partial charge on any atom is -0.347 e. The van der Waals surface area contributed by atoms with Crippen molar-refractivity contribution >= 4 is 11.8 Å². The van der Waals surface area contributed by atoms with Gasteiger partial charge in [-0.2, -0.15) is 0 Å². The van der Waals surface area contributed by atoms with E-state index in [1.165, 1.54) is 0 Å². The van der Waals surface area contributed by atoms with E-state index >= 15 is 0 Å². The second-order valence-electron chi connectivity index (χ2n) is 4.74. The summed E-state index contributed by atoms with van der Waals surface area (Å²) >= 11 is 0. The van der Waals surface area contributed by atoms with Crippen LogP contribution < -0.4 is 5.32 Å². The highest BCUT2D eigenvalue weighted by Gasteiger charge is 2.25. The third kappa shape index (κ3) is 2.70. The number of carbonyl (C=O) groups is 2. The minimum absolute atomic E-state index is 0.0523. The first kappa shape index (κ1) is 12.6. The Morgan fingerprint density at radius 1 is 1.33 bits per heavy atom. The molecular weight excluding hydrogens is 228 g/mol. The molecule has 18 heavy (non-hydrogen) atoms. The van der Waals surface area contributed by atoms with Crippen molar-refractivity contribution in [1.82, 2.24) is 10.2 Å². The van der Waals surface area contributed by atoms with Gasteiger partial charge in [-0.3, -0.25) is 9.59 Å². The van der Waals surface area contributed by atoms with Gasteiger partial charge < -0.3 is 10.2 Å². The lowest BCUT2D eigenvalue weighted by Crippen LogP contribution is -2.38. The van der Waals surface area contributed by atoms with Crippen LogP contribution in [0, 0.1) is 6.92 Å². The molecule has 0 saturated carbocycles. The largest absolute Gasteiger partial charge is 0.347 e. The molecule has 1 heterocycles. The molecule has 1 atom stereocenters. The van der Waals surface area contributed by atoms with Gasteiger partial charge in [0.15, 0.2) is 0 Å². The van der Waals surface area contributed by atoms with Crippen molar-refractivity contribution in [1.29, 1.82) is 0 Å². The van der Waals surface area contributed by atoms with Gasteiger partial charge in [-0.05, 0) is 25.0 Å². The van der Waals surface area contributed by atoms with Crippen LogP contribution in [0.4, 0.5) is 0 Å². The lowest BCUT2D eigenvalue weighted by Gasteiger charge is -2.15. The molecule has 1 fully saturated rings. The number of amides is 2. The fourth-order valence-corrected chi connectivity index (χ4v) is 2.25. The minimum atomic E-state index is -0.0523. The van der Waals surface area contributed by atoms with Gasteiger partial charge in [0.1, 0.15) is 0 Å². The molecule has 2 amide bonds. The molecule has 1 aliphatic rings. The highest BCUT2D eigenvalue weighted by atomic mass is 16.2. The Balaban J connectivity index is 1.97. The van der Waals surface area contributed by atoms with E-state index in [1.807, 2.05) is 31.2 Å². The lowest BCUT2D eigenvalue weighted by molar-refractivity contribution is -0.127. The number of likely N-dealkylation sites (tertiary alicyclic amines) is 1. The summed E-state index contributed by atoms with van der Waals surface area (Å²) in [5.74, 6) is 0.0196. The number of rotatable bonds is 2. The zero-order valence-corrected chi connectivity index (χ0v) is 10.8. The topological polar surface area (TPSA) is 49.4 Å². The normalized spacial score (nSPS) is 18.8. The number of benzene rings is 1. The summed E-state index contributed by atoms with van der Waals surface area (Å²) in [6.07, 6.45) is 0.831. The third-order valence-electron chi connectivity index (χ3n) is 3.36. The summed E-state index contributed by atoms with van der Waals surface area (Å²) in [5, 5.41) is 2.99. The average Bonchev–Trinajstić information content (AvgIpc) is 2.78. The smallest absolute Gasteiger partial charge is 0.251 e. The van der Waals surface area contributed by atoms with Crippen molar-refractivity contribution in [3.05, 3.63) is 35.4 Å². The summed E-state index contributed by atoms with van der Waals surface area (Å²) in [4.78, 5) is 25.1. The van der Waals surface area contributed by atoms with Crippen LogP contribution in [0.2, 0.25) is 0 Å². The second-order valence-corrected chi connectivity index (χ2v) is 4.74. The molecule has 0 bridgehead atoms. The number of hydrogen-bond acceptors (Lipinski definition) is 2. The summed E-state index contributed by atoms with van der Waals surface area (Å²) in [6, 6.07) is 7.59. The molecule has 0 aliphatic carbocycles. The number of aryl methyl sites for hydroxylation is 1. The molecule has 0 radical (unpaired) electrons. The van der Waals surface area contributed by atoms with Crippen LogP contribution >= 0.6 is 0 Å². The monoisotopic (exact) mass is 246 g/mol. The second kappa shape index (κ2) is 5.21. The van der Waals surface area contributed by atoms with Gasteiger partial charge in [0, 0.05) is 31.6 Å². The molecule has 4 nitrogen and oxygen atoms in total. The maximum atomic E-state index is 12.1. The van der Waals surface area contributed by atoms with Crippen molar-refractivity contribution in [3.8, 4) is 0 Å². The average molecular weight is 246 g/mol. The third-order valence-corrected chi connectivity index (χ3v) is 3.36. The Kier molecular flexibility index (Phi) is 3.65. The number of nitrogens with one attached hydrogen (secondary N) is 1. The molecule has 1 unspecified atom stereocenters. The van der Waals surface area contributed by atoms with Gasteiger partial charge in [-0.1, -0.05) is 18.2 Å². The van der Waals surface area contributed by atoms with Gasteiger partial charge in [0.2, 0.25) is 5.91 Å². The van der Waals surface area contributed by atoms with E-state index in [4.69, 9.17) is 0 Å². The molecule has 1 saturated heterocycles. The molecule has 1 N–H and O–H groups in total. The molecule has 1 aromatic rings. The van der Waals surface area contributed by atoms with Gasteiger partial charge >= 0.3 is 0 Å².